The number of morpholine rings is 1. The highest BCUT2D eigenvalue weighted by Crippen LogP contribution is 2.06. The minimum Gasteiger partial charge on any atom is -0.465 e. The first-order valence-corrected chi connectivity index (χ1v) is 7.44. The lowest BCUT2D eigenvalue weighted by atomic mass is 10.1. The van der Waals surface area contributed by atoms with E-state index in [2.05, 4.69) is 15.4 Å². The smallest absolute Gasteiger partial charge is 0.337 e. The van der Waals surface area contributed by atoms with Gasteiger partial charge in [-0.05, 0) is 24.1 Å². The van der Waals surface area contributed by atoms with Gasteiger partial charge >= 0.3 is 5.97 Å². The van der Waals surface area contributed by atoms with Crippen LogP contribution in [0, 0.1) is 0 Å². The summed E-state index contributed by atoms with van der Waals surface area (Å²) in [5.41, 5.74) is 1.59. The number of methoxy groups -OCH3 is 1. The Labute approximate surface area is 142 Å². The maximum absolute atomic E-state index is 11.8. The predicted molar refractivity (Wildman–Crippen MR) is 89.0 cm³/mol. The molecule has 1 aromatic rings. The molecule has 0 radical (unpaired) electrons. The van der Waals surface area contributed by atoms with Crippen LogP contribution in [0.5, 0.6) is 0 Å². The second kappa shape index (κ2) is 10.2. The molecular weight excluding hydrogens is 320 g/mol. The fraction of sp³-hybridized carbons (Fsp3) is 0.500. The van der Waals surface area contributed by atoms with Gasteiger partial charge in [-0.25, -0.2) is 4.79 Å². The van der Waals surface area contributed by atoms with Crippen molar-refractivity contribution in [1.29, 1.82) is 0 Å². The number of hydrogen-bond donors (Lipinski definition) is 2. The molecule has 23 heavy (non-hydrogen) atoms. The number of halogens is 1. The van der Waals surface area contributed by atoms with E-state index < -0.39 is 0 Å². The van der Waals surface area contributed by atoms with Crippen LogP contribution >= 0.6 is 12.4 Å². The molecule has 1 saturated heterocycles. The van der Waals surface area contributed by atoms with E-state index in [1.165, 1.54) is 7.11 Å². The molecule has 2 rings (SSSR count). The SMILES string of the molecule is COC(=O)c1ccc(CCNC(=O)CC2COCCN2)cc1.Cl. The largest absolute Gasteiger partial charge is 0.465 e. The molecule has 1 fully saturated rings. The quantitative estimate of drug-likeness (QED) is 0.752. The lowest BCUT2D eigenvalue weighted by Gasteiger charge is -2.23. The molecule has 6 nitrogen and oxygen atoms in total. The van der Waals surface area contributed by atoms with Crippen molar-refractivity contribution in [1.82, 2.24) is 10.6 Å². The van der Waals surface area contributed by atoms with Gasteiger partial charge in [0.05, 0.1) is 25.9 Å². The van der Waals surface area contributed by atoms with Gasteiger partial charge in [-0.2, -0.15) is 0 Å². The summed E-state index contributed by atoms with van der Waals surface area (Å²) >= 11 is 0. The van der Waals surface area contributed by atoms with E-state index in [4.69, 9.17) is 4.74 Å². The van der Waals surface area contributed by atoms with Gasteiger partial charge in [0, 0.05) is 25.6 Å². The van der Waals surface area contributed by atoms with Crippen molar-refractivity contribution in [2.24, 2.45) is 0 Å². The molecule has 1 heterocycles. The Kier molecular flexibility index (Phi) is 8.61. The highest BCUT2D eigenvalue weighted by atomic mass is 35.5. The van der Waals surface area contributed by atoms with Crippen molar-refractivity contribution in [3.8, 4) is 0 Å². The normalized spacial score (nSPS) is 17.0. The zero-order valence-corrected chi connectivity index (χ0v) is 14.0. The number of carbonyl (C=O) groups excluding carboxylic acids is 2. The number of hydrogen-bond acceptors (Lipinski definition) is 5. The van der Waals surface area contributed by atoms with Crippen LogP contribution in [0.1, 0.15) is 22.3 Å². The molecule has 1 aliphatic heterocycles. The van der Waals surface area contributed by atoms with Gasteiger partial charge in [-0.15, -0.1) is 12.4 Å². The Hall–Kier alpha value is -1.63. The van der Waals surface area contributed by atoms with E-state index in [0.717, 1.165) is 18.5 Å². The molecule has 0 aromatic heterocycles. The Balaban J connectivity index is 0.00000264. The molecule has 7 heteroatoms. The third kappa shape index (κ3) is 6.56. The second-order valence-electron chi connectivity index (χ2n) is 5.22. The Morgan fingerprint density at radius 1 is 1.35 bits per heavy atom. The van der Waals surface area contributed by atoms with Gasteiger partial charge in [0.2, 0.25) is 5.91 Å². The van der Waals surface area contributed by atoms with Crippen molar-refractivity contribution in [3.05, 3.63) is 35.4 Å². The van der Waals surface area contributed by atoms with E-state index in [9.17, 15) is 9.59 Å². The van der Waals surface area contributed by atoms with Crippen LogP contribution in [-0.4, -0.2) is 51.3 Å². The van der Waals surface area contributed by atoms with Crippen molar-refractivity contribution >= 4 is 24.3 Å². The summed E-state index contributed by atoms with van der Waals surface area (Å²) in [7, 11) is 1.36. The van der Waals surface area contributed by atoms with E-state index >= 15 is 0 Å². The van der Waals surface area contributed by atoms with Gasteiger partial charge in [-0.1, -0.05) is 12.1 Å². The summed E-state index contributed by atoms with van der Waals surface area (Å²) in [5.74, 6) is -0.323. The first-order valence-electron chi connectivity index (χ1n) is 7.44. The number of rotatable bonds is 6. The van der Waals surface area contributed by atoms with Crippen LogP contribution in [-0.2, 0) is 20.7 Å². The summed E-state index contributed by atoms with van der Waals surface area (Å²) < 4.78 is 9.97. The van der Waals surface area contributed by atoms with Crippen LogP contribution in [0.15, 0.2) is 24.3 Å². The number of amides is 1. The Bertz CT molecular complexity index is 501. The molecule has 1 aromatic carbocycles. The molecule has 1 atom stereocenters. The van der Waals surface area contributed by atoms with E-state index in [1.54, 1.807) is 12.1 Å². The lowest BCUT2D eigenvalue weighted by molar-refractivity contribution is -0.122. The summed E-state index contributed by atoms with van der Waals surface area (Å²) in [6.45, 7) is 2.66. The van der Waals surface area contributed by atoms with Crippen LogP contribution in [0.4, 0.5) is 0 Å². The monoisotopic (exact) mass is 342 g/mol. The Morgan fingerprint density at radius 3 is 2.70 bits per heavy atom. The van der Waals surface area contributed by atoms with Crippen LogP contribution in [0.3, 0.4) is 0 Å². The summed E-state index contributed by atoms with van der Waals surface area (Å²) in [4.78, 5) is 23.1. The van der Waals surface area contributed by atoms with Gasteiger partial charge in [0.15, 0.2) is 0 Å². The van der Waals surface area contributed by atoms with Gasteiger partial charge in [0.1, 0.15) is 0 Å². The van der Waals surface area contributed by atoms with Gasteiger partial charge < -0.3 is 20.1 Å². The molecule has 0 saturated carbocycles. The minimum absolute atomic E-state index is 0. The molecule has 2 N–H and O–H groups in total. The van der Waals surface area contributed by atoms with Crippen LogP contribution < -0.4 is 10.6 Å². The third-order valence-electron chi connectivity index (χ3n) is 3.54. The maximum Gasteiger partial charge on any atom is 0.337 e. The standard InChI is InChI=1S/C16H22N2O4.ClH/c1-21-16(20)13-4-2-12(3-5-13)6-7-18-15(19)10-14-11-22-9-8-17-14;/h2-5,14,17H,6-11H2,1H3,(H,18,19);1H. The van der Waals surface area contributed by atoms with E-state index in [1.807, 2.05) is 12.1 Å². The second-order valence-corrected chi connectivity index (χ2v) is 5.22. The summed E-state index contributed by atoms with van der Waals surface area (Å²) in [5, 5.41) is 6.15. The fourth-order valence-corrected chi connectivity index (χ4v) is 2.32. The number of ether oxygens (including phenoxy) is 2. The highest BCUT2D eigenvalue weighted by molar-refractivity contribution is 5.89. The molecule has 1 aliphatic rings. The first kappa shape index (κ1) is 19.4. The number of carbonyl (C=O) groups is 2. The van der Waals surface area contributed by atoms with Crippen molar-refractivity contribution in [2.75, 3.05) is 33.4 Å². The molecule has 0 spiro atoms. The molecule has 0 aliphatic carbocycles. The maximum atomic E-state index is 11.8. The molecular formula is C16H23ClN2O4. The van der Waals surface area contributed by atoms with Crippen molar-refractivity contribution in [2.45, 2.75) is 18.9 Å². The lowest BCUT2D eigenvalue weighted by Crippen LogP contribution is -2.44. The topological polar surface area (TPSA) is 76.7 Å². The zero-order chi connectivity index (χ0) is 15.8. The minimum atomic E-state index is -0.345. The van der Waals surface area contributed by atoms with Crippen molar-refractivity contribution < 1.29 is 19.1 Å². The van der Waals surface area contributed by atoms with E-state index in [0.29, 0.717) is 31.7 Å². The molecule has 128 valence electrons. The zero-order valence-electron chi connectivity index (χ0n) is 13.2. The average Bonchev–Trinajstić information content (AvgIpc) is 2.55. The van der Waals surface area contributed by atoms with Gasteiger partial charge in [-0.3, -0.25) is 4.79 Å². The van der Waals surface area contributed by atoms with Gasteiger partial charge in [0.25, 0.3) is 0 Å². The fourth-order valence-electron chi connectivity index (χ4n) is 2.32. The van der Waals surface area contributed by atoms with Crippen LogP contribution in [0.25, 0.3) is 0 Å². The average molecular weight is 343 g/mol. The first-order chi connectivity index (χ1) is 10.7. The Morgan fingerprint density at radius 2 is 2.09 bits per heavy atom. The highest BCUT2D eigenvalue weighted by Gasteiger charge is 2.16. The van der Waals surface area contributed by atoms with Crippen molar-refractivity contribution in [3.63, 3.8) is 0 Å². The number of nitrogens with one attached hydrogen (secondary N) is 2. The third-order valence-corrected chi connectivity index (χ3v) is 3.54. The predicted octanol–water partition coefficient (Wildman–Crippen LogP) is 0.932. The van der Waals surface area contributed by atoms with E-state index in [-0.39, 0.29) is 30.3 Å². The number of esters is 1. The molecule has 1 amide bonds. The molecule has 1 unspecified atom stereocenters. The summed E-state index contributed by atoms with van der Waals surface area (Å²) in [6, 6.07) is 7.30. The number of benzene rings is 1. The van der Waals surface area contributed by atoms with Crippen LogP contribution in [0.2, 0.25) is 0 Å². The molecule has 0 bridgehead atoms. The summed E-state index contributed by atoms with van der Waals surface area (Å²) in [6.07, 6.45) is 1.16.